The average molecular weight is 369 g/mol. The monoisotopic (exact) mass is 368 g/mol. The van der Waals surface area contributed by atoms with Crippen molar-refractivity contribution in [1.29, 1.82) is 5.26 Å². The van der Waals surface area contributed by atoms with E-state index in [2.05, 4.69) is 9.97 Å². The van der Waals surface area contributed by atoms with Gasteiger partial charge in [0.2, 0.25) is 5.88 Å². The number of hydrogen-bond donors (Lipinski definition) is 0. The molecule has 0 N–H and O–H groups in total. The molecule has 0 amide bonds. The molecule has 5 nitrogen and oxygen atoms in total. The van der Waals surface area contributed by atoms with Crippen molar-refractivity contribution in [3.05, 3.63) is 46.7 Å². The molecule has 0 aliphatic carbocycles. The highest BCUT2D eigenvalue weighted by molar-refractivity contribution is 6.31. The minimum Gasteiger partial charge on any atom is -0.472 e. The molecule has 1 aliphatic rings. The molecule has 2 aromatic rings. The van der Waals surface area contributed by atoms with Gasteiger partial charge >= 0.3 is 6.18 Å². The number of ether oxygens (including phenoxy) is 1. The molecule has 0 spiro atoms. The predicted molar refractivity (Wildman–Crippen MR) is 84.4 cm³/mol. The van der Waals surface area contributed by atoms with Crippen LogP contribution in [-0.4, -0.2) is 29.2 Å². The molecule has 9 heteroatoms. The summed E-state index contributed by atoms with van der Waals surface area (Å²) in [6.45, 7) is 1.13. The summed E-state index contributed by atoms with van der Waals surface area (Å²) in [4.78, 5) is 9.82. The van der Waals surface area contributed by atoms with Gasteiger partial charge in [-0.15, -0.1) is 0 Å². The summed E-state index contributed by atoms with van der Waals surface area (Å²) in [7, 11) is 0. The molecule has 1 aliphatic heterocycles. The second-order valence-electron chi connectivity index (χ2n) is 5.47. The van der Waals surface area contributed by atoms with Gasteiger partial charge in [0, 0.05) is 25.2 Å². The lowest BCUT2D eigenvalue weighted by atomic mass is 10.3. The summed E-state index contributed by atoms with van der Waals surface area (Å²) < 4.78 is 43.2. The number of alkyl halides is 3. The van der Waals surface area contributed by atoms with E-state index in [9.17, 15) is 13.2 Å². The molecular formula is C16H12ClF3N4O. The van der Waals surface area contributed by atoms with Crippen molar-refractivity contribution in [2.45, 2.75) is 18.7 Å². The number of pyridine rings is 2. The summed E-state index contributed by atoms with van der Waals surface area (Å²) in [5, 5.41) is 9.27. The van der Waals surface area contributed by atoms with Crippen LogP contribution in [-0.2, 0) is 6.18 Å². The van der Waals surface area contributed by atoms with Crippen LogP contribution in [0.5, 0.6) is 5.88 Å². The quantitative estimate of drug-likeness (QED) is 0.827. The fourth-order valence-electron chi connectivity index (χ4n) is 2.51. The van der Waals surface area contributed by atoms with Crippen LogP contribution in [0.1, 0.15) is 17.7 Å². The molecule has 1 fully saturated rings. The molecular weight excluding hydrogens is 357 g/mol. The number of hydrogen-bond acceptors (Lipinski definition) is 5. The van der Waals surface area contributed by atoms with Gasteiger partial charge in [-0.25, -0.2) is 9.97 Å². The molecule has 0 saturated carbocycles. The average Bonchev–Trinajstić information content (AvgIpc) is 3.03. The summed E-state index contributed by atoms with van der Waals surface area (Å²) in [6, 6.07) is 7.39. The molecule has 2 aromatic heterocycles. The van der Waals surface area contributed by atoms with Gasteiger partial charge in [-0.1, -0.05) is 11.6 Å². The lowest BCUT2D eigenvalue weighted by molar-refractivity contribution is -0.137. The summed E-state index contributed by atoms with van der Waals surface area (Å²) in [6.07, 6.45) is -3.24. The van der Waals surface area contributed by atoms with Gasteiger partial charge in [0.25, 0.3) is 0 Å². The normalized spacial score (nSPS) is 17.4. The second-order valence-corrected chi connectivity index (χ2v) is 5.88. The minimum absolute atomic E-state index is 0.140. The molecule has 3 heterocycles. The molecule has 0 bridgehead atoms. The fraction of sp³-hybridized carbons (Fsp3) is 0.312. The Morgan fingerprint density at radius 3 is 2.72 bits per heavy atom. The first kappa shape index (κ1) is 17.3. The van der Waals surface area contributed by atoms with Crippen molar-refractivity contribution in [2.75, 3.05) is 18.0 Å². The molecule has 0 radical (unpaired) electrons. The minimum atomic E-state index is -4.42. The zero-order valence-electron chi connectivity index (χ0n) is 12.8. The molecule has 0 aromatic carbocycles. The van der Waals surface area contributed by atoms with Gasteiger partial charge in [0.15, 0.2) is 5.69 Å². The van der Waals surface area contributed by atoms with E-state index in [1.807, 2.05) is 11.0 Å². The molecule has 1 atom stereocenters. The standard InChI is InChI=1S/C16H12ClF3N4O/c17-12-2-3-14(23-13(12)7-21)24-6-5-11(9-24)25-15-4-1-10(8-22-15)16(18,19)20/h1-4,8,11H,5-6,9H2. The molecule has 1 unspecified atom stereocenters. The first-order chi connectivity index (χ1) is 11.9. The second kappa shape index (κ2) is 6.76. The predicted octanol–water partition coefficient (Wildman–Crippen LogP) is 3.68. The zero-order valence-corrected chi connectivity index (χ0v) is 13.6. The van der Waals surface area contributed by atoms with E-state index < -0.39 is 11.7 Å². The Morgan fingerprint density at radius 2 is 2.08 bits per heavy atom. The summed E-state index contributed by atoms with van der Waals surface area (Å²) in [5.41, 5.74) is -0.671. The van der Waals surface area contributed by atoms with Crippen LogP contribution in [0.15, 0.2) is 30.5 Å². The number of aromatic nitrogens is 2. The zero-order chi connectivity index (χ0) is 18.0. The van der Waals surface area contributed by atoms with E-state index in [1.54, 1.807) is 12.1 Å². The smallest absolute Gasteiger partial charge is 0.417 e. The Labute approximate surface area is 146 Å². The van der Waals surface area contributed by atoms with Crippen LogP contribution >= 0.6 is 11.6 Å². The Kier molecular flexibility index (Phi) is 4.68. The van der Waals surface area contributed by atoms with Gasteiger partial charge in [-0.3, -0.25) is 0 Å². The largest absolute Gasteiger partial charge is 0.472 e. The van der Waals surface area contributed by atoms with Crippen molar-refractivity contribution in [3.63, 3.8) is 0 Å². The maximum absolute atomic E-state index is 12.5. The van der Waals surface area contributed by atoms with E-state index in [0.717, 1.165) is 12.3 Å². The van der Waals surface area contributed by atoms with E-state index >= 15 is 0 Å². The number of nitrogens with zero attached hydrogens (tertiary/aromatic N) is 4. The van der Waals surface area contributed by atoms with Gasteiger partial charge in [0.05, 0.1) is 17.1 Å². The first-order valence-electron chi connectivity index (χ1n) is 7.38. The Balaban J connectivity index is 1.64. The van der Waals surface area contributed by atoms with Crippen LogP contribution in [0.25, 0.3) is 0 Å². The lowest BCUT2D eigenvalue weighted by Gasteiger charge is -2.18. The van der Waals surface area contributed by atoms with E-state index in [4.69, 9.17) is 21.6 Å². The van der Waals surface area contributed by atoms with Crippen molar-refractivity contribution < 1.29 is 17.9 Å². The third-order valence-electron chi connectivity index (χ3n) is 3.76. The first-order valence-corrected chi connectivity index (χ1v) is 7.76. The van der Waals surface area contributed by atoms with E-state index in [0.29, 0.717) is 25.3 Å². The number of halogens is 4. The third-order valence-corrected chi connectivity index (χ3v) is 4.06. The maximum Gasteiger partial charge on any atom is 0.417 e. The lowest BCUT2D eigenvalue weighted by Crippen LogP contribution is -2.25. The molecule has 25 heavy (non-hydrogen) atoms. The van der Waals surface area contributed by atoms with Crippen molar-refractivity contribution >= 4 is 17.4 Å². The molecule has 3 rings (SSSR count). The van der Waals surface area contributed by atoms with Crippen molar-refractivity contribution in [3.8, 4) is 11.9 Å². The Morgan fingerprint density at radius 1 is 1.28 bits per heavy atom. The van der Waals surface area contributed by atoms with Crippen LogP contribution in [0.2, 0.25) is 5.02 Å². The van der Waals surface area contributed by atoms with Gasteiger partial charge < -0.3 is 9.64 Å². The Hall–Kier alpha value is -2.53. The van der Waals surface area contributed by atoms with Crippen LogP contribution in [0, 0.1) is 11.3 Å². The number of anilines is 1. The Bertz CT molecular complexity index is 805. The number of nitriles is 1. The van der Waals surface area contributed by atoms with E-state index in [1.165, 1.54) is 6.07 Å². The molecule has 130 valence electrons. The van der Waals surface area contributed by atoms with Crippen molar-refractivity contribution in [1.82, 2.24) is 9.97 Å². The highest BCUT2D eigenvalue weighted by Crippen LogP contribution is 2.30. The van der Waals surface area contributed by atoms with Crippen LogP contribution < -0.4 is 9.64 Å². The highest BCUT2D eigenvalue weighted by atomic mass is 35.5. The van der Waals surface area contributed by atoms with Crippen LogP contribution in [0.4, 0.5) is 19.0 Å². The number of rotatable bonds is 3. The summed E-state index contributed by atoms with van der Waals surface area (Å²) in [5.74, 6) is 0.744. The van der Waals surface area contributed by atoms with E-state index in [-0.39, 0.29) is 22.7 Å². The van der Waals surface area contributed by atoms with Gasteiger partial charge in [0.1, 0.15) is 18.0 Å². The highest BCUT2D eigenvalue weighted by Gasteiger charge is 2.31. The SMILES string of the molecule is N#Cc1nc(N2CCC(Oc3ccc(C(F)(F)F)cn3)C2)ccc1Cl. The maximum atomic E-state index is 12.5. The fourth-order valence-corrected chi connectivity index (χ4v) is 2.65. The van der Waals surface area contributed by atoms with Gasteiger partial charge in [-0.2, -0.15) is 18.4 Å². The summed E-state index contributed by atoms with van der Waals surface area (Å²) >= 11 is 5.87. The van der Waals surface area contributed by atoms with Crippen molar-refractivity contribution in [2.24, 2.45) is 0 Å². The third kappa shape index (κ3) is 3.94. The van der Waals surface area contributed by atoms with Gasteiger partial charge in [-0.05, 0) is 18.2 Å². The molecule has 1 saturated heterocycles. The topological polar surface area (TPSA) is 62.0 Å². The van der Waals surface area contributed by atoms with Crippen LogP contribution in [0.3, 0.4) is 0 Å².